The lowest BCUT2D eigenvalue weighted by Crippen LogP contribution is -2.31. The maximum absolute atomic E-state index is 12.2. The van der Waals surface area contributed by atoms with Crippen molar-refractivity contribution in [3.63, 3.8) is 0 Å². The number of nitrogens with one attached hydrogen (secondary N) is 2. The first-order chi connectivity index (χ1) is 14.5. The molecule has 0 radical (unpaired) electrons. The second kappa shape index (κ2) is 8.31. The van der Waals surface area contributed by atoms with Crippen LogP contribution in [0.15, 0.2) is 59.2 Å². The third-order valence-electron chi connectivity index (χ3n) is 4.46. The van der Waals surface area contributed by atoms with Gasteiger partial charge in [-0.3, -0.25) is 9.59 Å². The van der Waals surface area contributed by atoms with Crippen molar-refractivity contribution in [1.82, 2.24) is 9.97 Å². The molecule has 0 saturated heterocycles. The van der Waals surface area contributed by atoms with Crippen LogP contribution in [0.4, 0.5) is 5.69 Å². The van der Waals surface area contributed by atoms with Gasteiger partial charge in [-0.2, -0.15) is 5.26 Å². The highest BCUT2D eigenvalue weighted by Crippen LogP contribution is 2.36. The van der Waals surface area contributed by atoms with Crippen LogP contribution in [0.2, 0.25) is 0 Å². The van der Waals surface area contributed by atoms with Gasteiger partial charge in [-0.1, -0.05) is 24.3 Å². The number of amides is 1. The molecule has 0 saturated carbocycles. The summed E-state index contributed by atoms with van der Waals surface area (Å²) in [5.74, 6) is -1.17. The van der Waals surface area contributed by atoms with E-state index < -0.39 is 23.6 Å². The number of aromatic nitrogens is 2. The van der Waals surface area contributed by atoms with Gasteiger partial charge in [0.05, 0.1) is 28.4 Å². The van der Waals surface area contributed by atoms with Crippen LogP contribution in [-0.2, 0) is 14.3 Å². The number of nitrogens with zero attached hydrogens (tertiary/aromatic N) is 2. The van der Waals surface area contributed by atoms with Crippen molar-refractivity contribution in [3.05, 3.63) is 60.1 Å². The summed E-state index contributed by atoms with van der Waals surface area (Å²) in [6, 6.07) is 16.4. The Morgan fingerprint density at radius 1 is 1.23 bits per heavy atom. The van der Waals surface area contributed by atoms with Crippen LogP contribution in [0.5, 0.6) is 0 Å². The highest BCUT2D eigenvalue weighted by atomic mass is 32.2. The van der Waals surface area contributed by atoms with E-state index in [2.05, 4.69) is 15.3 Å². The van der Waals surface area contributed by atoms with E-state index in [0.29, 0.717) is 16.7 Å². The number of thioether (sulfide) groups is 1. The molecule has 1 aliphatic heterocycles. The number of carbonyl (C=O) groups is 2. The fourth-order valence-electron chi connectivity index (χ4n) is 2.98. The molecule has 1 atom stereocenters. The first-order valence-electron chi connectivity index (χ1n) is 9.04. The van der Waals surface area contributed by atoms with Gasteiger partial charge >= 0.3 is 5.97 Å². The zero-order valence-corrected chi connectivity index (χ0v) is 16.4. The van der Waals surface area contributed by atoms with Gasteiger partial charge in [0.25, 0.3) is 0 Å². The third-order valence-corrected chi connectivity index (χ3v) is 5.73. The molecule has 0 fully saturated rings. The number of para-hydroxylation sites is 3. The Bertz CT molecular complexity index is 1180. The van der Waals surface area contributed by atoms with Crippen LogP contribution in [0.3, 0.4) is 0 Å². The maximum atomic E-state index is 12.2. The minimum Gasteiger partial charge on any atom is -0.507 e. The van der Waals surface area contributed by atoms with Gasteiger partial charge in [-0.25, -0.2) is 4.98 Å². The number of imidazole rings is 1. The normalized spacial score (nSPS) is 16.2. The van der Waals surface area contributed by atoms with E-state index in [1.807, 2.05) is 36.4 Å². The number of aliphatic hydroxyl groups excluding tert-OH is 1. The summed E-state index contributed by atoms with van der Waals surface area (Å²) in [7, 11) is 0. The van der Waals surface area contributed by atoms with Crippen molar-refractivity contribution in [2.45, 2.75) is 16.6 Å². The zero-order valence-electron chi connectivity index (χ0n) is 15.6. The quantitative estimate of drug-likeness (QED) is 0.328. The van der Waals surface area contributed by atoms with Crippen LogP contribution in [-0.4, -0.2) is 38.8 Å². The lowest BCUT2D eigenvalue weighted by Gasteiger charge is -2.23. The number of aliphatic hydroxyl groups is 1. The van der Waals surface area contributed by atoms with E-state index in [-0.39, 0.29) is 23.7 Å². The van der Waals surface area contributed by atoms with Crippen molar-refractivity contribution >= 4 is 45.9 Å². The van der Waals surface area contributed by atoms with Gasteiger partial charge < -0.3 is 20.1 Å². The van der Waals surface area contributed by atoms with Crippen molar-refractivity contribution in [3.8, 4) is 6.07 Å². The highest BCUT2D eigenvalue weighted by Gasteiger charge is 2.29. The molecule has 1 aromatic heterocycles. The number of hydrogen-bond donors (Lipinski definition) is 3. The van der Waals surface area contributed by atoms with Crippen LogP contribution >= 0.6 is 11.8 Å². The van der Waals surface area contributed by atoms with Gasteiger partial charge in [0.15, 0.2) is 11.6 Å². The Hall–Kier alpha value is -3.77. The number of allylic oxidation sites excluding steroid dienone is 1. The number of carbonyl (C=O) groups excluding carboxylic acids is 2. The number of fused-ring (bicyclic) bond motifs is 2. The SMILES string of the molecule is N#CC(=C(O)COC(=O)C[C@H]1Sc2ccccc2NC1=O)c1nc2ccccc2[nH]1. The van der Waals surface area contributed by atoms with E-state index in [0.717, 1.165) is 4.90 Å². The van der Waals surface area contributed by atoms with Crippen molar-refractivity contribution in [1.29, 1.82) is 5.26 Å². The molecular weight excluding hydrogens is 404 g/mol. The van der Waals surface area contributed by atoms with Crippen molar-refractivity contribution in [2.75, 3.05) is 11.9 Å². The molecular formula is C21H16N4O4S. The first-order valence-corrected chi connectivity index (χ1v) is 9.92. The smallest absolute Gasteiger partial charge is 0.307 e. The Balaban J connectivity index is 1.41. The molecule has 1 amide bonds. The predicted octanol–water partition coefficient (Wildman–Crippen LogP) is 3.40. The zero-order chi connectivity index (χ0) is 21.1. The largest absolute Gasteiger partial charge is 0.507 e. The van der Waals surface area contributed by atoms with Crippen LogP contribution in [0, 0.1) is 11.3 Å². The summed E-state index contributed by atoms with van der Waals surface area (Å²) in [5, 5.41) is 21.8. The average molecular weight is 420 g/mol. The van der Waals surface area contributed by atoms with Gasteiger partial charge in [-0.05, 0) is 24.3 Å². The van der Waals surface area contributed by atoms with Gasteiger partial charge in [0.2, 0.25) is 5.91 Å². The second-order valence-corrected chi connectivity index (χ2v) is 7.74. The van der Waals surface area contributed by atoms with Crippen LogP contribution in [0.1, 0.15) is 12.2 Å². The van der Waals surface area contributed by atoms with Gasteiger partial charge in [-0.15, -0.1) is 11.8 Å². The van der Waals surface area contributed by atoms with Crippen LogP contribution < -0.4 is 5.32 Å². The molecule has 2 heterocycles. The monoisotopic (exact) mass is 420 g/mol. The number of nitriles is 1. The summed E-state index contributed by atoms with van der Waals surface area (Å²) in [6.45, 7) is -0.492. The lowest BCUT2D eigenvalue weighted by molar-refractivity contribution is -0.144. The number of anilines is 1. The molecule has 3 aromatic rings. The molecule has 2 aromatic carbocycles. The summed E-state index contributed by atoms with van der Waals surface area (Å²) in [4.78, 5) is 32.5. The number of rotatable bonds is 5. The molecule has 0 aliphatic carbocycles. The van der Waals surface area contributed by atoms with E-state index in [1.165, 1.54) is 11.8 Å². The topological polar surface area (TPSA) is 128 Å². The minimum absolute atomic E-state index is 0.113. The van der Waals surface area contributed by atoms with Crippen LogP contribution in [0.25, 0.3) is 16.6 Å². The molecule has 0 unspecified atom stereocenters. The molecule has 1 aliphatic rings. The van der Waals surface area contributed by atoms with E-state index in [9.17, 15) is 20.0 Å². The predicted molar refractivity (Wildman–Crippen MR) is 112 cm³/mol. The van der Waals surface area contributed by atoms with Gasteiger partial charge in [0.1, 0.15) is 18.2 Å². The third kappa shape index (κ3) is 3.99. The molecule has 0 bridgehead atoms. The number of benzene rings is 2. The highest BCUT2D eigenvalue weighted by molar-refractivity contribution is 8.01. The summed E-state index contributed by atoms with van der Waals surface area (Å²) < 4.78 is 5.09. The molecule has 3 N–H and O–H groups in total. The van der Waals surface area contributed by atoms with Crippen molar-refractivity contribution < 1.29 is 19.4 Å². The number of aromatic amines is 1. The standard InChI is InChI=1S/C21H16N4O4S/c22-10-12(20-23-13-5-1-2-6-14(13)24-20)16(26)11-29-19(27)9-18-21(28)25-15-7-3-4-8-17(15)30-18/h1-8,18,26H,9,11H2,(H,23,24)(H,25,28)/t18-/m1/s1. The van der Waals surface area contributed by atoms with E-state index in [4.69, 9.17) is 4.74 Å². The second-order valence-electron chi connectivity index (χ2n) is 6.49. The lowest BCUT2D eigenvalue weighted by atomic mass is 10.2. The Kier molecular flexibility index (Phi) is 5.41. The molecule has 8 nitrogen and oxygen atoms in total. The van der Waals surface area contributed by atoms with E-state index in [1.54, 1.807) is 18.2 Å². The summed E-state index contributed by atoms with van der Waals surface area (Å²) in [5.41, 5.74) is 1.95. The Labute approximate surface area is 175 Å². The molecule has 0 spiro atoms. The summed E-state index contributed by atoms with van der Waals surface area (Å²) in [6.07, 6.45) is -0.162. The molecule has 150 valence electrons. The molecule has 4 rings (SSSR count). The molecule has 9 heteroatoms. The Morgan fingerprint density at radius 2 is 2.00 bits per heavy atom. The number of ether oxygens (including phenoxy) is 1. The van der Waals surface area contributed by atoms with E-state index >= 15 is 0 Å². The number of esters is 1. The number of H-pyrrole nitrogens is 1. The van der Waals surface area contributed by atoms with Gasteiger partial charge in [0, 0.05) is 4.90 Å². The number of hydrogen-bond acceptors (Lipinski definition) is 7. The fourth-order valence-corrected chi connectivity index (χ4v) is 4.08. The van der Waals surface area contributed by atoms with Crippen molar-refractivity contribution in [2.24, 2.45) is 0 Å². The summed E-state index contributed by atoms with van der Waals surface area (Å²) >= 11 is 1.28. The molecule has 30 heavy (non-hydrogen) atoms. The first kappa shape index (κ1) is 19.5. The maximum Gasteiger partial charge on any atom is 0.307 e. The Morgan fingerprint density at radius 3 is 2.80 bits per heavy atom. The minimum atomic E-state index is -0.657. The fraction of sp³-hybridized carbons (Fsp3) is 0.143. The average Bonchev–Trinajstić information content (AvgIpc) is 3.17.